The molecule has 2 N–H and O–H groups in total. The van der Waals surface area contributed by atoms with Crippen molar-refractivity contribution >= 4 is 11.8 Å². The van der Waals surface area contributed by atoms with E-state index in [1.54, 1.807) is 18.9 Å². The third-order valence-corrected chi connectivity index (χ3v) is 3.94. The zero-order valence-electron chi connectivity index (χ0n) is 13.3. The first-order valence-electron chi connectivity index (χ1n) is 7.40. The highest BCUT2D eigenvalue weighted by molar-refractivity contribution is 5.89. The van der Waals surface area contributed by atoms with Gasteiger partial charge in [-0.25, -0.2) is 0 Å². The third-order valence-electron chi connectivity index (χ3n) is 3.94. The van der Waals surface area contributed by atoms with E-state index in [9.17, 15) is 14.7 Å². The van der Waals surface area contributed by atoms with Gasteiger partial charge in [-0.2, -0.15) is 0 Å². The summed E-state index contributed by atoms with van der Waals surface area (Å²) in [4.78, 5) is 25.9. The number of rotatable bonds is 3. The van der Waals surface area contributed by atoms with Gasteiger partial charge in [0.1, 0.15) is 6.04 Å². The Morgan fingerprint density at radius 1 is 1.25 bits per heavy atom. The molecule has 0 spiro atoms. The van der Waals surface area contributed by atoms with Crippen LogP contribution in [0.2, 0.25) is 0 Å². The van der Waals surface area contributed by atoms with Gasteiger partial charge >= 0.3 is 0 Å². The van der Waals surface area contributed by atoms with Gasteiger partial charge in [0.2, 0.25) is 11.8 Å². The maximum Gasteiger partial charge on any atom is 0.244 e. The van der Waals surface area contributed by atoms with Crippen LogP contribution in [0.3, 0.4) is 0 Å². The highest BCUT2D eigenvalue weighted by Gasteiger charge is 2.32. The Bertz CT molecular complexity index is 363. The molecule has 0 heterocycles. The average Bonchev–Trinajstić information content (AvgIpc) is 2.36. The van der Waals surface area contributed by atoms with Gasteiger partial charge in [-0.3, -0.25) is 9.59 Å². The summed E-state index contributed by atoms with van der Waals surface area (Å²) in [5, 5.41) is 12.7. The molecule has 1 aliphatic carbocycles. The van der Waals surface area contributed by atoms with E-state index in [0.717, 1.165) is 25.7 Å². The van der Waals surface area contributed by atoms with Crippen molar-refractivity contribution in [2.24, 2.45) is 5.41 Å². The van der Waals surface area contributed by atoms with E-state index in [1.807, 2.05) is 20.8 Å². The smallest absolute Gasteiger partial charge is 0.244 e. The molecule has 1 rings (SSSR count). The van der Waals surface area contributed by atoms with Crippen LogP contribution in [0.4, 0.5) is 0 Å². The van der Waals surface area contributed by atoms with Gasteiger partial charge in [0, 0.05) is 12.5 Å². The SMILES string of the molecule is CC(NC(=O)C(C)(C)C)C(=O)N(C)C1CCCCC1O. The first-order chi connectivity index (χ1) is 9.14. The lowest BCUT2D eigenvalue weighted by molar-refractivity contribution is -0.141. The van der Waals surface area contributed by atoms with Crippen LogP contribution in [-0.4, -0.2) is 47.1 Å². The Morgan fingerprint density at radius 3 is 2.30 bits per heavy atom. The number of aliphatic hydroxyl groups excluding tert-OH is 1. The van der Waals surface area contributed by atoms with Gasteiger partial charge in [-0.15, -0.1) is 0 Å². The summed E-state index contributed by atoms with van der Waals surface area (Å²) in [7, 11) is 1.71. The number of hydrogen-bond donors (Lipinski definition) is 2. The predicted molar refractivity (Wildman–Crippen MR) is 78.1 cm³/mol. The topological polar surface area (TPSA) is 69.6 Å². The first kappa shape index (κ1) is 17.0. The summed E-state index contributed by atoms with van der Waals surface area (Å²) in [6.07, 6.45) is 3.15. The van der Waals surface area contributed by atoms with Crippen LogP contribution < -0.4 is 5.32 Å². The monoisotopic (exact) mass is 284 g/mol. The summed E-state index contributed by atoms with van der Waals surface area (Å²) in [6, 6.07) is -0.703. The van der Waals surface area contributed by atoms with Gasteiger partial charge in [0.25, 0.3) is 0 Å². The molecule has 0 aliphatic heterocycles. The van der Waals surface area contributed by atoms with E-state index in [4.69, 9.17) is 0 Å². The van der Waals surface area contributed by atoms with Crippen molar-refractivity contribution in [3.8, 4) is 0 Å². The van der Waals surface area contributed by atoms with Crippen LogP contribution >= 0.6 is 0 Å². The van der Waals surface area contributed by atoms with Crippen LogP contribution in [0.1, 0.15) is 53.4 Å². The molecule has 0 radical (unpaired) electrons. The number of hydrogen-bond acceptors (Lipinski definition) is 3. The fraction of sp³-hybridized carbons (Fsp3) is 0.867. The number of likely N-dealkylation sites (N-methyl/N-ethyl adjacent to an activating group) is 1. The van der Waals surface area contributed by atoms with Crippen molar-refractivity contribution in [3.05, 3.63) is 0 Å². The predicted octanol–water partition coefficient (Wildman–Crippen LogP) is 1.30. The number of aliphatic hydroxyl groups is 1. The molecular weight excluding hydrogens is 256 g/mol. The van der Waals surface area contributed by atoms with Gasteiger partial charge in [0.15, 0.2) is 0 Å². The largest absolute Gasteiger partial charge is 0.391 e. The zero-order chi connectivity index (χ0) is 15.5. The number of amides is 2. The zero-order valence-corrected chi connectivity index (χ0v) is 13.3. The summed E-state index contributed by atoms with van der Waals surface area (Å²) in [5.74, 6) is -0.288. The summed E-state index contributed by atoms with van der Waals surface area (Å²) in [5.41, 5.74) is -0.516. The second kappa shape index (κ2) is 6.57. The van der Waals surface area contributed by atoms with Crippen molar-refractivity contribution in [1.82, 2.24) is 10.2 Å². The Labute approximate surface area is 121 Å². The molecule has 1 aliphatic rings. The molecule has 0 aromatic heterocycles. The molecular formula is C15H28N2O3. The van der Waals surface area contributed by atoms with Crippen LogP contribution in [0.5, 0.6) is 0 Å². The van der Waals surface area contributed by atoms with Crippen molar-refractivity contribution in [2.75, 3.05) is 7.05 Å². The minimum absolute atomic E-state index is 0.134. The molecule has 1 saturated carbocycles. The fourth-order valence-electron chi connectivity index (χ4n) is 2.49. The molecule has 116 valence electrons. The molecule has 1 fully saturated rings. The quantitative estimate of drug-likeness (QED) is 0.820. The Hall–Kier alpha value is -1.10. The Balaban J connectivity index is 2.61. The van der Waals surface area contributed by atoms with Crippen molar-refractivity contribution < 1.29 is 14.7 Å². The molecule has 0 bridgehead atoms. The molecule has 5 nitrogen and oxygen atoms in total. The van der Waals surface area contributed by atoms with E-state index < -0.39 is 17.6 Å². The first-order valence-corrected chi connectivity index (χ1v) is 7.40. The van der Waals surface area contributed by atoms with Crippen LogP contribution in [0, 0.1) is 5.41 Å². The van der Waals surface area contributed by atoms with E-state index in [0.29, 0.717) is 0 Å². The minimum atomic E-state index is -0.569. The fourth-order valence-corrected chi connectivity index (χ4v) is 2.49. The molecule has 0 aromatic rings. The second-order valence-electron chi connectivity index (χ2n) is 6.81. The Morgan fingerprint density at radius 2 is 1.80 bits per heavy atom. The lowest BCUT2D eigenvalue weighted by Gasteiger charge is -2.36. The lowest BCUT2D eigenvalue weighted by Crippen LogP contribution is -2.54. The van der Waals surface area contributed by atoms with Gasteiger partial charge in [-0.1, -0.05) is 33.6 Å². The third kappa shape index (κ3) is 4.20. The van der Waals surface area contributed by atoms with Crippen molar-refractivity contribution in [2.45, 2.75) is 71.6 Å². The molecule has 0 aromatic carbocycles. The normalized spacial score (nSPS) is 24.9. The minimum Gasteiger partial charge on any atom is -0.391 e. The second-order valence-corrected chi connectivity index (χ2v) is 6.81. The molecule has 0 saturated heterocycles. The van der Waals surface area contributed by atoms with Gasteiger partial charge < -0.3 is 15.3 Å². The highest BCUT2D eigenvalue weighted by Crippen LogP contribution is 2.23. The standard InChI is InChI=1S/C15H28N2O3/c1-10(16-14(20)15(2,3)4)13(19)17(5)11-8-6-7-9-12(11)18/h10-12,18H,6-9H2,1-5H3,(H,16,20). The van der Waals surface area contributed by atoms with Crippen molar-refractivity contribution in [1.29, 1.82) is 0 Å². The molecule has 2 amide bonds. The van der Waals surface area contributed by atoms with Crippen LogP contribution in [0.25, 0.3) is 0 Å². The van der Waals surface area contributed by atoms with E-state index in [1.165, 1.54) is 0 Å². The van der Waals surface area contributed by atoms with E-state index in [-0.39, 0.29) is 17.9 Å². The maximum absolute atomic E-state index is 12.4. The average molecular weight is 284 g/mol. The Kier molecular flexibility index (Phi) is 5.57. The number of nitrogens with one attached hydrogen (secondary N) is 1. The van der Waals surface area contributed by atoms with Crippen LogP contribution in [-0.2, 0) is 9.59 Å². The molecule has 5 heteroatoms. The highest BCUT2D eigenvalue weighted by atomic mass is 16.3. The number of carbonyl (C=O) groups excluding carboxylic acids is 2. The summed E-state index contributed by atoms with van der Waals surface area (Å²) >= 11 is 0. The van der Waals surface area contributed by atoms with E-state index in [2.05, 4.69) is 5.32 Å². The number of nitrogens with zero attached hydrogens (tertiary/aromatic N) is 1. The van der Waals surface area contributed by atoms with E-state index >= 15 is 0 Å². The van der Waals surface area contributed by atoms with Gasteiger partial charge in [-0.05, 0) is 19.8 Å². The van der Waals surface area contributed by atoms with Crippen molar-refractivity contribution in [3.63, 3.8) is 0 Å². The maximum atomic E-state index is 12.4. The molecule has 3 atom stereocenters. The summed E-state index contributed by atoms with van der Waals surface area (Å²) in [6.45, 7) is 7.13. The van der Waals surface area contributed by atoms with Crippen LogP contribution in [0.15, 0.2) is 0 Å². The molecule has 20 heavy (non-hydrogen) atoms. The van der Waals surface area contributed by atoms with Gasteiger partial charge in [0.05, 0.1) is 12.1 Å². The lowest BCUT2D eigenvalue weighted by atomic mass is 9.91. The summed E-state index contributed by atoms with van der Waals surface area (Å²) < 4.78 is 0. The number of carbonyl (C=O) groups is 2. The molecule has 3 unspecified atom stereocenters.